The molecule has 0 saturated carbocycles. The first-order valence-corrected chi connectivity index (χ1v) is 8.45. The quantitative estimate of drug-likeness (QED) is 0.779. The van der Waals surface area contributed by atoms with Crippen LogP contribution in [0.4, 0.5) is 13.2 Å². The maximum Gasteiger partial charge on any atom is 0.438 e. The van der Waals surface area contributed by atoms with E-state index in [2.05, 4.69) is 21.0 Å². The molecule has 3 rings (SSSR count). The fourth-order valence-corrected chi connectivity index (χ4v) is 3.03. The van der Waals surface area contributed by atoms with E-state index in [1.54, 1.807) is 43.3 Å². The third kappa shape index (κ3) is 3.26. The third-order valence-electron chi connectivity index (χ3n) is 4.09. The van der Waals surface area contributed by atoms with Gasteiger partial charge in [0, 0.05) is 10.0 Å². The number of amides is 1. The van der Waals surface area contributed by atoms with E-state index in [-0.39, 0.29) is 16.3 Å². The van der Waals surface area contributed by atoms with Gasteiger partial charge >= 0.3 is 6.18 Å². The highest BCUT2D eigenvalue weighted by molar-refractivity contribution is 9.10. The summed E-state index contributed by atoms with van der Waals surface area (Å²) in [5, 5.41) is 14.3. The van der Waals surface area contributed by atoms with Gasteiger partial charge in [0.25, 0.3) is 11.6 Å². The molecule has 0 aromatic heterocycles. The van der Waals surface area contributed by atoms with Gasteiger partial charge in [-0.2, -0.15) is 23.3 Å². The molecule has 1 atom stereocenters. The Morgan fingerprint density at radius 3 is 2.46 bits per heavy atom. The van der Waals surface area contributed by atoms with Gasteiger partial charge in [-0.1, -0.05) is 45.8 Å². The molecule has 1 unspecified atom stereocenters. The van der Waals surface area contributed by atoms with E-state index < -0.39 is 24.2 Å². The molecule has 1 amide bonds. The van der Waals surface area contributed by atoms with Gasteiger partial charge in [0.2, 0.25) is 0 Å². The van der Waals surface area contributed by atoms with Crippen molar-refractivity contribution in [2.75, 3.05) is 0 Å². The van der Waals surface area contributed by atoms with Gasteiger partial charge in [-0.25, -0.2) is 0 Å². The summed E-state index contributed by atoms with van der Waals surface area (Å²) in [5.74, 6) is -1.02. The lowest BCUT2D eigenvalue weighted by molar-refractivity contribution is -0.297. The molecular weight excluding hydrogens is 413 g/mol. The molecule has 0 aliphatic carbocycles. The molecule has 8 heteroatoms. The van der Waals surface area contributed by atoms with Gasteiger partial charge < -0.3 is 5.11 Å². The number of hydrogen-bond acceptors (Lipinski definition) is 3. The number of alkyl halides is 3. The number of carbonyl (C=O) groups excluding carboxylic acids is 1. The Hall–Kier alpha value is -2.19. The Bertz CT molecular complexity index is 881. The van der Waals surface area contributed by atoms with Crippen molar-refractivity contribution >= 4 is 27.5 Å². The van der Waals surface area contributed by atoms with Crippen molar-refractivity contribution in [3.05, 3.63) is 69.7 Å². The summed E-state index contributed by atoms with van der Waals surface area (Å²) in [7, 11) is 0. The van der Waals surface area contributed by atoms with E-state index in [1.165, 1.54) is 12.1 Å². The largest absolute Gasteiger partial charge is 0.438 e. The van der Waals surface area contributed by atoms with Gasteiger partial charge in [0.05, 0.1) is 12.1 Å². The average Bonchev–Trinajstić information content (AvgIpc) is 2.94. The fraction of sp³-hybridized carbons (Fsp3) is 0.222. The van der Waals surface area contributed by atoms with Crippen LogP contribution in [0.1, 0.15) is 27.9 Å². The number of hydrazone groups is 1. The second-order valence-electron chi connectivity index (χ2n) is 6.03. The molecular formula is C18H14BrF3N2O2. The number of nitrogens with zero attached hydrogens (tertiary/aromatic N) is 2. The SMILES string of the molecule is Cc1ccc(C(=O)N2N=C(c3cccc(Br)c3)CC2(O)C(F)(F)F)cc1. The number of rotatable bonds is 2. The summed E-state index contributed by atoms with van der Waals surface area (Å²) < 4.78 is 41.4. The predicted octanol–water partition coefficient (Wildman–Crippen LogP) is 4.26. The normalized spacial score (nSPS) is 20.2. The molecule has 4 nitrogen and oxygen atoms in total. The molecule has 1 N–H and O–H groups in total. The lowest BCUT2D eigenvalue weighted by atomic mass is 10.0. The van der Waals surface area contributed by atoms with Crippen LogP contribution in [0.5, 0.6) is 0 Å². The smallest absolute Gasteiger partial charge is 0.362 e. The van der Waals surface area contributed by atoms with Crippen molar-refractivity contribution in [1.82, 2.24) is 5.01 Å². The summed E-state index contributed by atoms with van der Waals surface area (Å²) in [5.41, 5.74) is -2.16. The van der Waals surface area contributed by atoms with Crippen molar-refractivity contribution in [1.29, 1.82) is 0 Å². The second-order valence-corrected chi connectivity index (χ2v) is 6.95. The van der Waals surface area contributed by atoms with Crippen LogP contribution in [-0.4, -0.2) is 33.6 Å². The molecule has 1 aliphatic heterocycles. The molecule has 26 heavy (non-hydrogen) atoms. The van der Waals surface area contributed by atoms with Crippen molar-refractivity contribution in [2.24, 2.45) is 5.10 Å². The van der Waals surface area contributed by atoms with Crippen LogP contribution >= 0.6 is 15.9 Å². The van der Waals surface area contributed by atoms with Crippen LogP contribution in [0.3, 0.4) is 0 Å². The molecule has 0 spiro atoms. The number of hydrogen-bond donors (Lipinski definition) is 1. The highest BCUT2D eigenvalue weighted by atomic mass is 79.9. The minimum Gasteiger partial charge on any atom is -0.362 e. The molecule has 0 fully saturated rings. The zero-order valence-corrected chi connectivity index (χ0v) is 15.2. The highest BCUT2D eigenvalue weighted by Crippen LogP contribution is 2.42. The van der Waals surface area contributed by atoms with Gasteiger partial charge in [0.15, 0.2) is 0 Å². The van der Waals surface area contributed by atoms with Gasteiger partial charge in [-0.3, -0.25) is 4.79 Å². The second kappa shape index (κ2) is 6.51. The fourth-order valence-electron chi connectivity index (χ4n) is 2.63. The van der Waals surface area contributed by atoms with Crippen LogP contribution in [0.25, 0.3) is 0 Å². The zero-order chi connectivity index (χ0) is 19.1. The van der Waals surface area contributed by atoms with E-state index in [0.717, 1.165) is 5.56 Å². The summed E-state index contributed by atoms with van der Waals surface area (Å²) in [6, 6.07) is 12.5. The van der Waals surface area contributed by atoms with E-state index in [1.807, 2.05) is 0 Å². The van der Waals surface area contributed by atoms with Crippen LogP contribution in [0, 0.1) is 6.92 Å². The number of carbonyl (C=O) groups is 1. The highest BCUT2D eigenvalue weighted by Gasteiger charge is 2.63. The van der Waals surface area contributed by atoms with Crippen LogP contribution in [0.15, 0.2) is 58.1 Å². The van der Waals surface area contributed by atoms with E-state index in [4.69, 9.17) is 0 Å². The molecule has 0 saturated heterocycles. The topological polar surface area (TPSA) is 52.9 Å². The summed E-state index contributed by atoms with van der Waals surface area (Å²) in [4.78, 5) is 12.6. The lowest BCUT2D eigenvalue weighted by Crippen LogP contribution is -2.56. The Morgan fingerprint density at radius 1 is 1.23 bits per heavy atom. The van der Waals surface area contributed by atoms with Crippen molar-refractivity contribution in [3.8, 4) is 0 Å². The zero-order valence-electron chi connectivity index (χ0n) is 13.6. The van der Waals surface area contributed by atoms with Gasteiger partial charge in [-0.05, 0) is 36.8 Å². The first-order chi connectivity index (χ1) is 12.1. The van der Waals surface area contributed by atoms with Crippen LogP contribution in [0.2, 0.25) is 0 Å². The Morgan fingerprint density at radius 2 is 1.88 bits per heavy atom. The molecule has 136 valence electrons. The van der Waals surface area contributed by atoms with E-state index in [0.29, 0.717) is 10.0 Å². The standard InChI is InChI=1S/C18H14BrF3N2O2/c1-11-5-7-12(8-6-11)16(25)24-17(26,18(20,21)22)10-15(23-24)13-3-2-4-14(19)9-13/h2-9,26H,10H2,1H3. The number of aryl methyl sites for hydroxylation is 1. The van der Waals surface area contributed by atoms with Crippen molar-refractivity contribution in [2.45, 2.75) is 25.2 Å². The molecule has 2 aromatic rings. The predicted molar refractivity (Wildman–Crippen MR) is 93.6 cm³/mol. The van der Waals surface area contributed by atoms with Gasteiger partial charge in [-0.15, -0.1) is 0 Å². The summed E-state index contributed by atoms with van der Waals surface area (Å²) in [6.07, 6.45) is -5.91. The number of benzene rings is 2. The first-order valence-electron chi connectivity index (χ1n) is 7.65. The van der Waals surface area contributed by atoms with E-state index in [9.17, 15) is 23.1 Å². The maximum absolute atomic E-state index is 13.6. The molecule has 1 heterocycles. The maximum atomic E-state index is 13.6. The average molecular weight is 427 g/mol. The van der Waals surface area contributed by atoms with Crippen molar-refractivity contribution in [3.63, 3.8) is 0 Å². The monoisotopic (exact) mass is 426 g/mol. The number of aliphatic hydroxyl groups is 1. The van der Waals surface area contributed by atoms with E-state index >= 15 is 0 Å². The molecule has 0 bridgehead atoms. The van der Waals surface area contributed by atoms with Crippen molar-refractivity contribution < 1.29 is 23.1 Å². The Balaban J connectivity index is 2.05. The summed E-state index contributed by atoms with van der Waals surface area (Å²) >= 11 is 3.24. The molecule has 0 radical (unpaired) electrons. The van der Waals surface area contributed by atoms with Crippen LogP contribution < -0.4 is 0 Å². The third-order valence-corrected chi connectivity index (χ3v) is 4.58. The lowest BCUT2D eigenvalue weighted by Gasteiger charge is -2.32. The first kappa shape index (κ1) is 18.6. The minimum absolute atomic E-state index is 0.0116. The Labute approximate surface area is 156 Å². The van der Waals surface area contributed by atoms with Crippen LogP contribution in [-0.2, 0) is 0 Å². The summed E-state index contributed by atoms with van der Waals surface area (Å²) in [6.45, 7) is 1.79. The van der Waals surface area contributed by atoms with Gasteiger partial charge in [0.1, 0.15) is 0 Å². The Kier molecular flexibility index (Phi) is 4.66. The molecule has 2 aromatic carbocycles. The molecule has 1 aliphatic rings. The minimum atomic E-state index is -5.06. The number of halogens is 4.